The van der Waals surface area contributed by atoms with Crippen LogP contribution in [-0.4, -0.2) is 40.1 Å². The summed E-state index contributed by atoms with van der Waals surface area (Å²) >= 11 is 0. The Morgan fingerprint density at radius 1 is 1.00 bits per heavy atom. The lowest BCUT2D eigenvalue weighted by Crippen LogP contribution is -2.45. The third kappa shape index (κ3) is 4.53. The summed E-state index contributed by atoms with van der Waals surface area (Å²) in [4.78, 5) is 0. The van der Waals surface area contributed by atoms with Gasteiger partial charge in [-0.05, 0) is 37.1 Å². The maximum Gasteiger partial charge on any atom is 0.240 e. The molecule has 0 spiro atoms. The largest absolute Gasteiger partial charge is 0.382 e. The number of nitrogen functional groups attached to an aromatic ring is 1. The van der Waals surface area contributed by atoms with Crippen LogP contribution in [0.25, 0.3) is 0 Å². The third-order valence-electron chi connectivity index (χ3n) is 5.95. The molecule has 1 saturated heterocycles. The number of nitrogens with two attached hydrogens (primary N) is 1. The van der Waals surface area contributed by atoms with Crippen molar-refractivity contribution in [2.24, 2.45) is 10.8 Å². The lowest BCUT2D eigenvalue weighted by Gasteiger charge is -2.31. The molecule has 0 aliphatic carbocycles. The Kier molecular flexibility index (Phi) is 6.67. The molecule has 3 aromatic rings. The zero-order chi connectivity index (χ0) is 24.3. The molecule has 4 N–H and O–H groups in total. The number of aromatic nitrogens is 1. The molecule has 1 fully saturated rings. The van der Waals surface area contributed by atoms with Crippen molar-refractivity contribution in [3.05, 3.63) is 95.3 Å². The van der Waals surface area contributed by atoms with E-state index in [0.717, 1.165) is 11.1 Å². The highest BCUT2D eigenvalue weighted by atomic mass is 16.7. The van der Waals surface area contributed by atoms with Crippen molar-refractivity contribution in [3.8, 4) is 0 Å². The fraction of sp³-hybridized carbons (Fsp3) is 0.308. The van der Waals surface area contributed by atoms with E-state index < -0.39 is 23.6 Å². The molecular weight excluding hydrogens is 432 g/mol. The van der Waals surface area contributed by atoms with Crippen LogP contribution in [0.1, 0.15) is 36.4 Å². The maximum absolute atomic E-state index is 12.0. The van der Waals surface area contributed by atoms with Crippen LogP contribution in [0, 0.1) is 5.41 Å². The normalized spacial score (nSPS) is 23.6. The molecule has 2 heterocycles. The molecule has 0 radical (unpaired) electrons. The van der Waals surface area contributed by atoms with E-state index >= 15 is 0 Å². The van der Waals surface area contributed by atoms with Gasteiger partial charge in [0.2, 0.25) is 5.79 Å². The van der Waals surface area contributed by atoms with Crippen LogP contribution in [0.15, 0.2) is 77.9 Å². The smallest absolute Gasteiger partial charge is 0.240 e. The number of amidine groups is 1. The van der Waals surface area contributed by atoms with Crippen LogP contribution < -0.4 is 5.73 Å². The number of nitrogens with one attached hydrogen (secondary N) is 1. The van der Waals surface area contributed by atoms with Crippen LogP contribution in [0.2, 0.25) is 0 Å². The monoisotopic (exact) mass is 462 g/mol. The predicted molar refractivity (Wildman–Crippen MR) is 129 cm³/mol. The average Bonchev–Trinajstić information content (AvgIpc) is 3.34. The maximum atomic E-state index is 12.0. The summed E-state index contributed by atoms with van der Waals surface area (Å²) in [7, 11) is 0. The number of ether oxygens (including phenoxy) is 3. The molecule has 1 aromatic heterocycles. The number of aliphatic hydroxyl groups is 1. The predicted octanol–water partition coefficient (Wildman–Crippen LogP) is 3.36. The standard InChI is InChI=1S/C26H30N4O4/c1-25(2)22(32-16-18-10-6-4-7-11-18)23(33-17-19-12-8-5-9-13-19)26(31,34-25)21-15-14-20(24(27)28)30(21)29-3/h4-15,22-23,31H,3,16-17H2,1-2H3,(H3,27,28)/t22-,23+,26?/m0/s1. The molecule has 1 unspecified atom stereocenters. The quantitative estimate of drug-likeness (QED) is 0.333. The van der Waals surface area contributed by atoms with Crippen LogP contribution in [-0.2, 0) is 33.2 Å². The van der Waals surface area contributed by atoms with Crippen LogP contribution in [0.5, 0.6) is 0 Å². The van der Waals surface area contributed by atoms with Gasteiger partial charge in [-0.2, -0.15) is 5.10 Å². The van der Waals surface area contributed by atoms with Gasteiger partial charge in [0, 0.05) is 6.72 Å². The molecular formula is C26H30N4O4. The summed E-state index contributed by atoms with van der Waals surface area (Å²) in [6.07, 6.45) is -1.54. The Bertz CT molecular complexity index is 1150. The topological polar surface area (TPSA) is 115 Å². The summed E-state index contributed by atoms with van der Waals surface area (Å²) < 4.78 is 20.2. The molecule has 3 atom stereocenters. The minimum Gasteiger partial charge on any atom is -0.382 e. The summed E-state index contributed by atoms with van der Waals surface area (Å²) in [5.74, 6) is -2.15. The minimum absolute atomic E-state index is 0.210. The Labute approximate surface area is 199 Å². The fourth-order valence-electron chi connectivity index (χ4n) is 4.35. The molecule has 2 aromatic carbocycles. The first kappa shape index (κ1) is 23.8. The lowest BCUT2D eigenvalue weighted by molar-refractivity contribution is -0.265. The Hall–Kier alpha value is -3.30. The number of hydrogen-bond donors (Lipinski definition) is 3. The van der Waals surface area contributed by atoms with Crippen LogP contribution in [0.3, 0.4) is 0 Å². The molecule has 178 valence electrons. The van der Waals surface area contributed by atoms with Gasteiger partial charge in [0.1, 0.15) is 29.4 Å². The number of rotatable bonds is 9. The second-order valence-electron chi connectivity index (χ2n) is 8.81. The van der Waals surface area contributed by atoms with Crippen LogP contribution in [0.4, 0.5) is 0 Å². The highest BCUT2D eigenvalue weighted by Crippen LogP contribution is 2.47. The highest BCUT2D eigenvalue weighted by molar-refractivity contribution is 5.93. The second kappa shape index (κ2) is 9.52. The first-order valence-corrected chi connectivity index (χ1v) is 11.0. The fourth-order valence-corrected chi connectivity index (χ4v) is 4.35. The Morgan fingerprint density at radius 3 is 2.03 bits per heavy atom. The minimum atomic E-state index is -1.94. The SMILES string of the molecule is C=Nn1c(C(=N)N)ccc1C1(O)OC(C)(C)[C@@H](OCc2ccccc2)[C@H]1OCc1ccccc1. The van der Waals surface area contributed by atoms with Gasteiger partial charge in [0.15, 0.2) is 0 Å². The van der Waals surface area contributed by atoms with Gasteiger partial charge < -0.3 is 25.1 Å². The van der Waals surface area contributed by atoms with Crippen molar-refractivity contribution in [1.82, 2.24) is 4.68 Å². The van der Waals surface area contributed by atoms with Crippen molar-refractivity contribution in [3.63, 3.8) is 0 Å². The van der Waals surface area contributed by atoms with Crippen molar-refractivity contribution < 1.29 is 19.3 Å². The first-order valence-electron chi connectivity index (χ1n) is 11.0. The summed E-state index contributed by atoms with van der Waals surface area (Å²) in [5.41, 5.74) is 7.26. The van der Waals surface area contributed by atoms with E-state index in [1.807, 2.05) is 74.5 Å². The van der Waals surface area contributed by atoms with Crippen LogP contribution >= 0.6 is 0 Å². The van der Waals surface area contributed by atoms with E-state index in [1.54, 1.807) is 12.1 Å². The van der Waals surface area contributed by atoms with Gasteiger partial charge in [-0.3, -0.25) is 5.41 Å². The summed E-state index contributed by atoms with van der Waals surface area (Å²) in [6.45, 7) is 7.83. The number of nitrogens with zero attached hydrogens (tertiary/aromatic N) is 2. The first-order chi connectivity index (χ1) is 16.3. The highest BCUT2D eigenvalue weighted by Gasteiger charge is 2.62. The molecule has 0 bridgehead atoms. The average molecular weight is 463 g/mol. The van der Waals surface area contributed by atoms with E-state index in [2.05, 4.69) is 11.8 Å². The van der Waals surface area contributed by atoms with E-state index in [0.29, 0.717) is 6.61 Å². The Balaban J connectivity index is 1.71. The molecule has 1 aliphatic rings. The van der Waals surface area contributed by atoms with Gasteiger partial charge in [0.05, 0.1) is 18.8 Å². The van der Waals surface area contributed by atoms with Gasteiger partial charge in [-0.15, -0.1) is 0 Å². The van der Waals surface area contributed by atoms with E-state index in [-0.39, 0.29) is 23.8 Å². The van der Waals surface area contributed by atoms with Crippen molar-refractivity contribution in [2.45, 2.75) is 50.7 Å². The van der Waals surface area contributed by atoms with E-state index in [1.165, 1.54) is 4.68 Å². The van der Waals surface area contributed by atoms with E-state index in [4.69, 9.17) is 25.4 Å². The van der Waals surface area contributed by atoms with Gasteiger partial charge in [-0.25, -0.2) is 4.68 Å². The zero-order valence-electron chi connectivity index (χ0n) is 19.3. The second-order valence-corrected chi connectivity index (χ2v) is 8.81. The van der Waals surface area contributed by atoms with Gasteiger partial charge in [0.25, 0.3) is 0 Å². The molecule has 0 amide bonds. The molecule has 8 heteroatoms. The van der Waals surface area contributed by atoms with E-state index in [9.17, 15) is 5.11 Å². The lowest BCUT2D eigenvalue weighted by atomic mass is 9.95. The third-order valence-corrected chi connectivity index (χ3v) is 5.95. The number of hydrogen-bond acceptors (Lipinski definition) is 6. The van der Waals surface area contributed by atoms with Crippen molar-refractivity contribution in [1.29, 1.82) is 5.41 Å². The molecule has 1 aliphatic heterocycles. The molecule has 0 saturated carbocycles. The molecule has 4 rings (SSSR count). The van der Waals surface area contributed by atoms with Gasteiger partial charge >= 0.3 is 0 Å². The summed E-state index contributed by atoms with van der Waals surface area (Å²) in [5, 5.41) is 23.8. The zero-order valence-corrected chi connectivity index (χ0v) is 19.3. The van der Waals surface area contributed by atoms with Gasteiger partial charge in [-0.1, -0.05) is 60.7 Å². The van der Waals surface area contributed by atoms with Crippen molar-refractivity contribution >= 4 is 12.6 Å². The van der Waals surface area contributed by atoms with Crippen molar-refractivity contribution in [2.75, 3.05) is 0 Å². The number of benzene rings is 2. The summed E-state index contributed by atoms with van der Waals surface area (Å²) in [6, 6.07) is 22.7. The molecule has 34 heavy (non-hydrogen) atoms. The Morgan fingerprint density at radius 2 is 1.53 bits per heavy atom. The molecule has 8 nitrogen and oxygen atoms in total.